The largest absolute Gasteiger partial charge is 0.423 e. The number of hydrogen-bond donors (Lipinski definition) is 1. The van der Waals surface area contributed by atoms with Crippen LogP contribution in [0.3, 0.4) is 0 Å². The zero-order valence-electron chi connectivity index (χ0n) is 15.9. The molecular weight excluding hydrogens is 350 g/mol. The highest BCUT2D eigenvalue weighted by Crippen LogP contribution is 2.33. The van der Waals surface area contributed by atoms with E-state index < -0.39 is 0 Å². The fourth-order valence-corrected chi connectivity index (χ4v) is 4.13. The summed E-state index contributed by atoms with van der Waals surface area (Å²) in [7, 11) is 0. The molecule has 0 bridgehead atoms. The monoisotopic (exact) mass is 375 g/mol. The van der Waals surface area contributed by atoms with Gasteiger partial charge in [-0.15, -0.1) is 0 Å². The van der Waals surface area contributed by atoms with Crippen LogP contribution in [0.2, 0.25) is 0 Å². The Kier molecular flexibility index (Phi) is 4.85. The Morgan fingerprint density at radius 3 is 2.64 bits per heavy atom. The SMILES string of the molecule is c1ccc(Cc2nc(C3NCCc4ccccc43)oc2N2CCOCC2)cc1. The molecule has 3 heterocycles. The van der Waals surface area contributed by atoms with Crippen molar-refractivity contribution in [2.75, 3.05) is 37.7 Å². The molecule has 144 valence electrons. The number of oxazole rings is 1. The van der Waals surface area contributed by atoms with Crippen molar-refractivity contribution in [3.05, 3.63) is 82.9 Å². The number of ether oxygens (including phenoxy) is 1. The van der Waals surface area contributed by atoms with Crippen LogP contribution in [0.25, 0.3) is 0 Å². The van der Waals surface area contributed by atoms with E-state index in [1.807, 2.05) is 6.07 Å². The van der Waals surface area contributed by atoms with Crippen LogP contribution >= 0.6 is 0 Å². The summed E-state index contributed by atoms with van der Waals surface area (Å²) in [6, 6.07) is 19.1. The normalized spacial score (nSPS) is 19.4. The van der Waals surface area contributed by atoms with Gasteiger partial charge in [0.25, 0.3) is 0 Å². The molecule has 0 saturated carbocycles. The number of rotatable bonds is 4. The van der Waals surface area contributed by atoms with Crippen molar-refractivity contribution < 1.29 is 9.15 Å². The predicted molar refractivity (Wildman–Crippen MR) is 109 cm³/mol. The first-order valence-electron chi connectivity index (χ1n) is 10.1. The van der Waals surface area contributed by atoms with E-state index in [2.05, 4.69) is 58.7 Å². The lowest BCUT2D eigenvalue weighted by atomic mass is 9.94. The molecular formula is C23H25N3O2. The fraction of sp³-hybridized carbons (Fsp3) is 0.348. The van der Waals surface area contributed by atoms with Gasteiger partial charge in [0.1, 0.15) is 11.7 Å². The highest BCUT2D eigenvalue weighted by molar-refractivity contribution is 5.45. The summed E-state index contributed by atoms with van der Waals surface area (Å²) in [6.07, 6.45) is 1.81. The maximum Gasteiger partial charge on any atom is 0.220 e. The summed E-state index contributed by atoms with van der Waals surface area (Å²) in [5.41, 5.74) is 4.90. The average Bonchev–Trinajstić information content (AvgIpc) is 3.18. The second-order valence-corrected chi connectivity index (χ2v) is 7.40. The van der Waals surface area contributed by atoms with Crippen LogP contribution in [0, 0.1) is 0 Å². The van der Waals surface area contributed by atoms with E-state index in [0.717, 1.165) is 63.2 Å². The molecule has 1 fully saturated rings. The Hall–Kier alpha value is -2.63. The highest BCUT2D eigenvalue weighted by Gasteiger charge is 2.29. The molecule has 5 heteroatoms. The van der Waals surface area contributed by atoms with E-state index in [1.54, 1.807) is 0 Å². The van der Waals surface area contributed by atoms with E-state index in [9.17, 15) is 0 Å². The van der Waals surface area contributed by atoms with Gasteiger partial charge in [0.15, 0.2) is 0 Å². The zero-order chi connectivity index (χ0) is 18.8. The van der Waals surface area contributed by atoms with Crippen molar-refractivity contribution in [1.82, 2.24) is 10.3 Å². The minimum absolute atomic E-state index is 0.00858. The van der Waals surface area contributed by atoms with E-state index in [-0.39, 0.29) is 6.04 Å². The van der Waals surface area contributed by atoms with Crippen LogP contribution < -0.4 is 10.2 Å². The molecule has 5 rings (SSSR count). The lowest BCUT2D eigenvalue weighted by molar-refractivity contribution is 0.120. The molecule has 5 nitrogen and oxygen atoms in total. The second kappa shape index (κ2) is 7.78. The lowest BCUT2D eigenvalue weighted by Crippen LogP contribution is -2.36. The first-order chi connectivity index (χ1) is 13.9. The molecule has 0 aliphatic carbocycles. The van der Waals surface area contributed by atoms with E-state index in [4.69, 9.17) is 14.1 Å². The van der Waals surface area contributed by atoms with Gasteiger partial charge >= 0.3 is 0 Å². The first kappa shape index (κ1) is 17.5. The Balaban J connectivity index is 1.52. The molecule has 1 saturated heterocycles. The fourth-order valence-electron chi connectivity index (χ4n) is 4.13. The van der Waals surface area contributed by atoms with Crippen LogP contribution in [-0.2, 0) is 17.6 Å². The van der Waals surface area contributed by atoms with Crippen LogP contribution in [0.4, 0.5) is 5.88 Å². The molecule has 2 aliphatic heterocycles. The van der Waals surface area contributed by atoms with Gasteiger partial charge in [-0.05, 0) is 23.1 Å². The van der Waals surface area contributed by atoms with Crippen molar-refractivity contribution in [3.63, 3.8) is 0 Å². The summed E-state index contributed by atoms with van der Waals surface area (Å²) in [6.45, 7) is 4.07. The molecule has 1 aromatic heterocycles. The minimum atomic E-state index is 0.00858. The lowest BCUT2D eigenvalue weighted by Gasteiger charge is -2.27. The van der Waals surface area contributed by atoms with Crippen LogP contribution in [0.1, 0.15) is 34.3 Å². The Bertz CT molecular complexity index is 932. The number of nitrogens with zero attached hydrogens (tertiary/aromatic N) is 2. The topological polar surface area (TPSA) is 50.5 Å². The van der Waals surface area contributed by atoms with Gasteiger partial charge in [-0.25, -0.2) is 4.98 Å². The third-order valence-electron chi connectivity index (χ3n) is 5.56. The summed E-state index contributed by atoms with van der Waals surface area (Å²) in [5.74, 6) is 1.66. The number of anilines is 1. The van der Waals surface area contributed by atoms with Gasteiger partial charge in [0.2, 0.25) is 11.8 Å². The number of hydrogen-bond acceptors (Lipinski definition) is 5. The van der Waals surface area contributed by atoms with E-state index in [0.29, 0.717) is 0 Å². The third kappa shape index (κ3) is 3.43. The number of fused-ring (bicyclic) bond motifs is 1. The molecule has 1 N–H and O–H groups in total. The maximum absolute atomic E-state index is 6.42. The highest BCUT2D eigenvalue weighted by atomic mass is 16.5. The van der Waals surface area contributed by atoms with Crippen molar-refractivity contribution in [1.29, 1.82) is 0 Å². The zero-order valence-corrected chi connectivity index (χ0v) is 15.9. The van der Waals surface area contributed by atoms with Gasteiger partial charge in [0, 0.05) is 26.1 Å². The molecule has 0 spiro atoms. The molecule has 1 unspecified atom stereocenters. The third-order valence-corrected chi connectivity index (χ3v) is 5.56. The molecule has 28 heavy (non-hydrogen) atoms. The quantitative estimate of drug-likeness (QED) is 0.758. The van der Waals surface area contributed by atoms with Crippen molar-refractivity contribution >= 4 is 5.88 Å². The summed E-state index contributed by atoms with van der Waals surface area (Å²) >= 11 is 0. The smallest absolute Gasteiger partial charge is 0.220 e. The molecule has 1 atom stereocenters. The van der Waals surface area contributed by atoms with Crippen molar-refractivity contribution in [2.45, 2.75) is 18.9 Å². The number of aromatic nitrogens is 1. The maximum atomic E-state index is 6.42. The molecule has 0 amide bonds. The average molecular weight is 375 g/mol. The second-order valence-electron chi connectivity index (χ2n) is 7.40. The Morgan fingerprint density at radius 1 is 1.00 bits per heavy atom. The molecule has 2 aromatic carbocycles. The Labute approximate surface area is 165 Å². The van der Waals surface area contributed by atoms with E-state index in [1.165, 1.54) is 16.7 Å². The molecule has 3 aromatic rings. The van der Waals surface area contributed by atoms with Crippen LogP contribution in [-0.4, -0.2) is 37.8 Å². The van der Waals surface area contributed by atoms with Crippen molar-refractivity contribution in [3.8, 4) is 0 Å². The standard InChI is InChI=1S/C23H25N3O2/c1-2-6-17(7-3-1)16-20-23(26-12-14-27-15-13-26)28-22(25-20)21-19-9-5-4-8-18(19)10-11-24-21/h1-9,21,24H,10-16H2. The summed E-state index contributed by atoms with van der Waals surface area (Å²) in [5, 5.41) is 3.60. The van der Waals surface area contributed by atoms with Gasteiger partial charge in [-0.1, -0.05) is 54.6 Å². The van der Waals surface area contributed by atoms with Gasteiger partial charge < -0.3 is 19.4 Å². The summed E-state index contributed by atoms with van der Waals surface area (Å²) in [4.78, 5) is 7.26. The predicted octanol–water partition coefficient (Wildman–Crippen LogP) is 3.34. The number of morpholine rings is 1. The van der Waals surface area contributed by atoms with Crippen molar-refractivity contribution in [2.24, 2.45) is 0 Å². The first-order valence-corrected chi connectivity index (χ1v) is 10.1. The van der Waals surface area contributed by atoms with Crippen LogP contribution in [0.5, 0.6) is 0 Å². The number of nitrogens with one attached hydrogen (secondary N) is 1. The van der Waals surface area contributed by atoms with Gasteiger partial charge in [-0.2, -0.15) is 0 Å². The van der Waals surface area contributed by atoms with E-state index >= 15 is 0 Å². The minimum Gasteiger partial charge on any atom is -0.423 e. The number of benzene rings is 2. The van der Waals surface area contributed by atoms with Gasteiger partial charge in [0.05, 0.1) is 13.2 Å². The van der Waals surface area contributed by atoms with Crippen LogP contribution in [0.15, 0.2) is 59.0 Å². The molecule has 2 aliphatic rings. The van der Waals surface area contributed by atoms with Gasteiger partial charge in [-0.3, -0.25) is 0 Å². The Morgan fingerprint density at radius 2 is 1.79 bits per heavy atom. The molecule has 0 radical (unpaired) electrons. The summed E-state index contributed by atoms with van der Waals surface area (Å²) < 4.78 is 12.0.